The summed E-state index contributed by atoms with van der Waals surface area (Å²) in [5, 5.41) is -3.75. The normalized spacial score (nSPS) is 29.5. The van der Waals surface area contributed by atoms with E-state index in [0.717, 1.165) is 11.3 Å². The summed E-state index contributed by atoms with van der Waals surface area (Å²) in [6.07, 6.45) is 0.764. The van der Waals surface area contributed by atoms with Crippen molar-refractivity contribution in [2.45, 2.75) is 31.7 Å². The Morgan fingerprint density at radius 1 is 1.54 bits per heavy atom. The van der Waals surface area contributed by atoms with Crippen molar-refractivity contribution in [3.05, 3.63) is 0 Å². The van der Waals surface area contributed by atoms with Gasteiger partial charge in [-0.25, -0.2) is 0 Å². The summed E-state index contributed by atoms with van der Waals surface area (Å²) in [6, 6.07) is -0.142. The summed E-state index contributed by atoms with van der Waals surface area (Å²) in [5.74, 6) is -1.01. The Bertz CT molecular complexity index is 217. The highest BCUT2D eigenvalue weighted by atomic mass is 35.5. The van der Waals surface area contributed by atoms with Crippen molar-refractivity contribution in [1.82, 2.24) is 4.90 Å². The zero-order chi connectivity index (χ0) is 10.2. The van der Waals surface area contributed by atoms with E-state index in [4.69, 9.17) is 0 Å². The van der Waals surface area contributed by atoms with Gasteiger partial charge in [0.25, 0.3) is 0 Å². The number of carbonyl (C=O) groups is 1. The molecule has 1 aliphatic heterocycles. The van der Waals surface area contributed by atoms with Crippen LogP contribution >= 0.6 is 11.6 Å². The van der Waals surface area contributed by atoms with Gasteiger partial charge in [0.2, 0.25) is 0 Å². The van der Waals surface area contributed by atoms with Gasteiger partial charge in [-0.05, 0) is 30.9 Å². The first-order chi connectivity index (χ1) is 5.84. The second-order valence-corrected chi connectivity index (χ2v) is 3.98. The minimum absolute atomic E-state index is 0.142. The highest BCUT2D eigenvalue weighted by molar-refractivity contribution is 6.32. The Kier molecular flexibility index (Phi) is 2.80. The molecule has 0 aromatic rings. The molecule has 1 rings (SSSR count). The number of alkyl halides is 3. The molecule has 0 bridgehead atoms. The third-order valence-corrected chi connectivity index (χ3v) is 2.81. The fraction of sp³-hybridized carbons (Fsp3) is 0.875. The van der Waals surface area contributed by atoms with E-state index in [2.05, 4.69) is 11.6 Å². The lowest BCUT2D eigenvalue weighted by Crippen LogP contribution is -2.43. The minimum atomic E-state index is -3.75. The van der Waals surface area contributed by atoms with Gasteiger partial charge < -0.3 is 4.90 Å². The molecule has 2 atom stereocenters. The fourth-order valence-corrected chi connectivity index (χ4v) is 1.65. The van der Waals surface area contributed by atoms with E-state index in [0.29, 0.717) is 6.54 Å². The van der Waals surface area contributed by atoms with E-state index < -0.39 is 11.3 Å². The molecule has 1 saturated heterocycles. The van der Waals surface area contributed by atoms with E-state index in [1.165, 1.54) is 0 Å². The quantitative estimate of drug-likeness (QED) is 0.608. The van der Waals surface area contributed by atoms with Gasteiger partial charge in [-0.2, -0.15) is 8.78 Å². The Morgan fingerprint density at radius 2 is 2.08 bits per heavy atom. The van der Waals surface area contributed by atoms with Crippen molar-refractivity contribution >= 4 is 17.5 Å². The van der Waals surface area contributed by atoms with Crippen LogP contribution in [0.2, 0.25) is 0 Å². The number of hydrogen-bond donors (Lipinski definition) is 0. The minimum Gasteiger partial charge on any atom is -0.333 e. The maximum absolute atomic E-state index is 12.4. The molecule has 1 amide bonds. The maximum Gasteiger partial charge on any atom is 0.399 e. The Morgan fingerprint density at radius 3 is 2.38 bits per heavy atom. The van der Waals surface area contributed by atoms with Crippen molar-refractivity contribution < 1.29 is 13.6 Å². The molecule has 0 radical (unpaired) electrons. The molecule has 0 aromatic heterocycles. The predicted molar refractivity (Wildman–Crippen MR) is 45.8 cm³/mol. The van der Waals surface area contributed by atoms with Crippen LogP contribution in [0.25, 0.3) is 0 Å². The van der Waals surface area contributed by atoms with Gasteiger partial charge in [0.05, 0.1) is 0 Å². The molecule has 76 valence electrons. The van der Waals surface area contributed by atoms with Gasteiger partial charge in [-0.15, -0.1) is 0 Å². The van der Waals surface area contributed by atoms with Crippen LogP contribution in [-0.2, 0) is 4.79 Å². The summed E-state index contributed by atoms with van der Waals surface area (Å²) in [7, 11) is 0. The number of amides is 1. The van der Waals surface area contributed by atoms with E-state index in [1.807, 2.05) is 6.92 Å². The lowest BCUT2D eigenvalue weighted by Gasteiger charge is -2.24. The van der Waals surface area contributed by atoms with Crippen LogP contribution in [0.4, 0.5) is 8.78 Å². The zero-order valence-corrected chi connectivity index (χ0v) is 8.31. The molecule has 13 heavy (non-hydrogen) atoms. The number of halogens is 3. The number of likely N-dealkylation sites (tertiary alicyclic amines) is 1. The molecule has 0 N–H and O–H groups in total. The maximum atomic E-state index is 12.4. The highest BCUT2D eigenvalue weighted by Crippen LogP contribution is 2.29. The second kappa shape index (κ2) is 3.40. The van der Waals surface area contributed by atoms with Crippen LogP contribution in [-0.4, -0.2) is 28.8 Å². The van der Waals surface area contributed by atoms with Gasteiger partial charge in [0, 0.05) is 12.6 Å². The van der Waals surface area contributed by atoms with E-state index in [1.54, 1.807) is 6.92 Å². The van der Waals surface area contributed by atoms with E-state index >= 15 is 0 Å². The lowest BCUT2D eigenvalue weighted by atomic mass is 10.1. The van der Waals surface area contributed by atoms with Gasteiger partial charge in [-0.1, -0.05) is 6.92 Å². The average Bonchev–Trinajstić information content (AvgIpc) is 2.30. The van der Waals surface area contributed by atoms with Crippen molar-refractivity contribution in [1.29, 1.82) is 0 Å². The molecule has 2 unspecified atom stereocenters. The molecule has 1 fully saturated rings. The van der Waals surface area contributed by atoms with E-state index in [-0.39, 0.29) is 12.0 Å². The van der Waals surface area contributed by atoms with Crippen LogP contribution in [0.15, 0.2) is 0 Å². The van der Waals surface area contributed by atoms with Crippen molar-refractivity contribution in [2.75, 3.05) is 6.54 Å². The summed E-state index contributed by atoms with van der Waals surface area (Å²) < 4.78 is 24.9. The largest absolute Gasteiger partial charge is 0.399 e. The first-order valence-electron chi connectivity index (χ1n) is 4.22. The Labute approximate surface area is 80.8 Å². The van der Waals surface area contributed by atoms with Crippen molar-refractivity contribution in [3.8, 4) is 0 Å². The Balaban J connectivity index is 2.69. The van der Waals surface area contributed by atoms with E-state index in [9.17, 15) is 13.6 Å². The Hall–Kier alpha value is -0.380. The van der Waals surface area contributed by atoms with Gasteiger partial charge in [-0.3, -0.25) is 4.79 Å². The molecular formula is C8H12ClF2NO. The van der Waals surface area contributed by atoms with Gasteiger partial charge in [0.1, 0.15) is 0 Å². The fourth-order valence-electron chi connectivity index (χ4n) is 1.54. The van der Waals surface area contributed by atoms with Crippen LogP contribution in [0.5, 0.6) is 0 Å². The third-order valence-electron chi connectivity index (χ3n) is 2.64. The first-order valence-corrected chi connectivity index (χ1v) is 4.59. The molecule has 5 heteroatoms. The molecule has 2 nitrogen and oxygen atoms in total. The summed E-state index contributed by atoms with van der Waals surface area (Å²) in [6.45, 7) is 4.08. The molecule has 1 aliphatic rings. The van der Waals surface area contributed by atoms with Crippen LogP contribution in [0, 0.1) is 5.92 Å². The standard InChI is InChI=1S/C8H12ClF2NO/c1-5-3-4-12(6(5)2)7(13)8(9,10)11/h5-6H,3-4H2,1-2H3. The summed E-state index contributed by atoms with van der Waals surface area (Å²) in [4.78, 5) is 12.2. The lowest BCUT2D eigenvalue weighted by molar-refractivity contribution is -0.147. The highest BCUT2D eigenvalue weighted by Gasteiger charge is 2.44. The average molecular weight is 212 g/mol. The van der Waals surface area contributed by atoms with Gasteiger partial charge in [0.15, 0.2) is 0 Å². The number of nitrogens with zero attached hydrogens (tertiary/aromatic N) is 1. The van der Waals surface area contributed by atoms with Crippen LogP contribution < -0.4 is 0 Å². The number of carbonyl (C=O) groups excluding carboxylic acids is 1. The topological polar surface area (TPSA) is 20.3 Å². The number of hydrogen-bond acceptors (Lipinski definition) is 1. The van der Waals surface area contributed by atoms with Crippen LogP contribution in [0.1, 0.15) is 20.3 Å². The summed E-state index contributed by atoms with van der Waals surface area (Å²) in [5.41, 5.74) is 0. The third kappa shape index (κ3) is 2.10. The zero-order valence-electron chi connectivity index (χ0n) is 7.56. The molecule has 0 aromatic carbocycles. The molecule has 0 spiro atoms. The van der Waals surface area contributed by atoms with Gasteiger partial charge >= 0.3 is 11.3 Å². The SMILES string of the molecule is CC1CCN(C(=O)C(F)(F)Cl)C1C. The van der Waals surface area contributed by atoms with Crippen LogP contribution in [0.3, 0.4) is 0 Å². The van der Waals surface area contributed by atoms with Crippen molar-refractivity contribution in [3.63, 3.8) is 0 Å². The monoisotopic (exact) mass is 211 g/mol. The molecule has 1 heterocycles. The smallest absolute Gasteiger partial charge is 0.333 e. The number of rotatable bonds is 1. The first kappa shape index (κ1) is 10.7. The van der Waals surface area contributed by atoms with Crippen molar-refractivity contribution in [2.24, 2.45) is 5.92 Å². The molecular weight excluding hydrogens is 200 g/mol. The molecule has 0 aliphatic carbocycles. The summed E-state index contributed by atoms with van der Waals surface area (Å²) >= 11 is 4.65. The second-order valence-electron chi connectivity index (χ2n) is 3.50. The molecule has 0 saturated carbocycles. The predicted octanol–water partition coefficient (Wildman–Crippen LogP) is 2.07.